The summed E-state index contributed by atoms with van der Waals surface area (Å²) in [5.74, 6) is -1.62. The number of halogens is 3. The van der Waals surface area contributed by atoms with E-state index in [1.54, 1.807) is 24.8 Å². The lowest BCUT2D eigenvalue weighted by Crippen LogP contribution is -2.42. The minimum atomic E-state index is -4.55. The molecule has 51 heavy (non-hydrogen) atoms. The molecule has 2 bridgehead atoms. The van der Waals surface area contributed by atoms with E-state index in [-0.39, 0.29) is 63.7 Å². The number of alkyl halides is 3. The van der Waals surface area contributed by atoms with Gasteiger partial charge in [0.15, 0.2) is 18.1 Å². The van der Waals surface area contributed by atoms with Gasteiger partial charge in [0.25, 0.3) is 5.91 Å². The van der Waals surface area contributed by atoms with E-state index in [0.717, 1.165) is 50.9 Å². The fourth-order valence-electron chi connectivity index (χ4n) is 8.56. The molecule has 0 radical (unpaired) electrons. The van der Waals surface area contributed by atoms with E-state index in [1.165, 1.54) is 17.0 Å². The number of aryl methyl sites for hydroxylation is 1. The Morgan fingerprint density at radius 2 is 1.71 bits per heavy atom. The zero-order valence-corrected chi connectivity index (χ0v) is 29.0. The first-order chi connectivity index (χ1) is 24.4. The van der Waals surface area contributed by atoms with Crippen LogP contribution in [0.1, 0.15) is 40.8 Å². The zero-order chi connectivity index (χ0) is 35.8. The van der Waals surface area contributed by atoms with Crippen LogP contribution in [-0.2, 0) is 20.6 Å². The van der Waals surface area contributed by atoms with Crippen molar-refractivity contribution < 1.29 is 37.0 Å². The summed E-state index contributed by atoms with van der Waals surface area (Å²) in [7, 11) is 0. The molecule has 3 heterocycles. The van der Waals surface area contributed by atoms with Gasteiger partial charge in [-0.3, -0.25) is 24.1 Å². The summed E-state index contributed by atoms with van der Waals surface area (Å²) in [6, 6.07) is 17.1. The number of benzene rings is 3. The molecule has 3 fully saturated rings. The topological polar surface area (TPSA) is 118 Å². The molecule has 9 nitrogen and oxygen atoms in total. The van der Waals surface area contributed by atoms with Crippen molar-refractivity contribution in [2.24, 2.45) is 29.6 Å². The van der Waals surface area contributed by atoms with Gasteiger partial charge in [-0.05, 0) is 86.1 Å². The third-order valence-corrected chi connectivity index (χ3v) is 13.1. The molecule has 4 aliphatic rings. The van der Waals surface area contributed by atoms with Gasteiger partial charge in [0.2, 0.25) is 11.8 Å². The normalized spacial score (nSPS) is 26.1. The number of hydrogen-bond acceptors (Lipinski definition) is 8. The standard InChI is InChI=1S/C37H32F3N3O6S2/c1-3-48-25-13-18(9-12-24(25)49-16-26(44)41-20-6-4-5-19(14-20)37(38,39)40)27-28-22-15-23(31(28)50-33-32(27)51-36(47)42-33)30-29(22)34(45)43(35(30)46)21-10-7-17(2)8-11-21/h4-14,22-23,27-31H,3,15-16H2,1-2H3,(H,41,44)(H,42,47)/t22?,23?,27-,28?,29?,30?,31?/m1/s1. The number of aromatic nitrogens is 1. The third-order valence-electron chi connectivity index (χ3n) is 10.5. The highest BCUT2D eigenvalue weighted by Crippen LogP contribution is 2.68. The van der Waals surface area contributed by atoms with Gasteiger partial charge in [-0.15, -0.1) is 11.8 Å². The zero-order valence-electron chi connectivity index (χ0n) is 27.4. The Morgan fingerprint density at radius 1 is 0.961 bits per heavy atom. The quantitative estimate of drug-likeness (QED) is 0.190. The van der Waals surface area contributed by atoms with Crippen LogP contribution in [0, 0.1) is 36.5 Å². The van der Waals surface area contributed by atoms with Gasteiger partial charge in [-0.2, -0.15) is 13.2 Å². The van der Waals surface area contributed by atoms with Crippen LogP contribution in [0.25, 0.3) is 0 Å². The van der Waals surface area contributed by atoms with Crippen molar-refractivity contribution in [3.63, 3.8) is 0 Å². The summed E-state index contributed by atoms with van der Waals surface area (Å²) in [5.41, 5.74) is 1.57. The van der Waals surface area contributed by atoms with Crippen LogP contribution in [0.15, 0.2) is 76.6 Å². The molecule has 2 aliphatic carbocycles. The van der Waals surface area contributed by atoms with Crippen LogP contribution in [0.5, 0.6) is 11.5 Å². The van der Waals surface area contributed by atoms with Crippen LogP contribution < -0.4 is 24.6 Å². The molecule has 2 saturated carbocycles. The second-order valence-corrected chi connectivity index (χ2v) is 15.6. The molecular weight excluding hydrogens is 704 g/mol. The lowest BCUT2D eigenvalue weighted by molar-refractivity contribution is -0.137. The number of fused-ring (bicyclic) bond motifs is 9. The molecule has 7 atom stereocenters. The van der Waals surface area contributed by atoms with E-state index in [1.807, 2.05) is 43.3 Å². The number of imide groups is 1. The fraction of sp³-hybridized carbons (Fsp3) is 0.351. The minimum Gasteiger partial charge on any atom is -0.490 e. The molecule has 6 unspecified atom stereocenters. The largest absolute Gasteiger partial charge is 0.490 e. The number of carbonyl (C=O) groups is 3. The summed E-state index contributed by atoms with van der Waals surface area (Å²) in [5, 5.41) is 3.22. The van der Waals surface area contributed by atoms with E-state index in [0.29, 0.717) is 11.4 Å². The monoisotopic (exact) mass is 735 g/mol. The number of anilines is 2. The Balaban J connectivity index is 1.07. The molecule has 8 rings (SSSR count). The number of amides is 3. The number of aromatic amines is 1. The van der Waals surface area contributed by atoms with E-state index in [4.69, 9.17) is 9.47 Å². The molecule has 14 heteroatoms. The summed E-state index contributed by atoms with van der Waals surface area (Å²) in [4.78, 5) is 58.4. The first-order valence-corrected chi connectivity index (χ1v) is 18.3. The Hall–Kier alpha value is -4.56. The number of hydrogen-bond donors (Lipinski definition) is 2. The molecule has 4 aromatic rings. The van der Waals surface area contributed by atoms with Gasteiger partial charge in [0, 0.05) is 21.7 Å². The van der Waals surface area contributed by atoms with Gasteiger partial charge in [-0.25, -0.2) is 0 Å². The van der Waals surface area contributed by atoms with Gasteiger partial charge in [0.05, 0.1) is 34.7 Å². The maximum atomic E-state index is 14.1. The van der Waals surface area contributed by atoms with Gasteiger partial charge < -0.3 is 19.8 Å². The highest BCUT2D eigenvalue weighted by Gasteiger charge is 2.69. The predicted octanol–water partition coefficient (Wildman–Crippen LogP) is 6.86. The fourth-order valence-corrected chi connectivity index (χ4v) is 11.4. The van der Waals surface area contributed by atoms with Crippen molar-refractivity contribution in [2.75, 3.05) is 23.4 Å². The number of nitrogens with one attached hydrogen (secondary N) is 2. The molecule has 0 spiro atoms. The van der Waals surface area contributed by atoms with Crippen LogP contribution >= 0.6 is 23.1 Å². The average Bonchev–Trinajstić information content (AvgIpc) is 3.83. The lowest BCUT2D eigenvalue weighted by atomic mass is 9.68. The Labute approximate surface area is 298 Å². The number of H-pyrrole nitrogens is 1. The molecule has 1 saturated heterocycles. The van der Waals surface area contributed by atoms with Crippen LogP contribution in [0.3, 0.4) is 0 Å². The van der Waals surface area contributed by atoms with Crippen molar-refractivity contribution in [1.82, 2.24) is 4.98 Å². The molecule has 1 aromatic heterocycles. The average molecular weight is 736 g/mol. The summed E-state index contributed by atoms with van der Waals surface area (Å²) in [6.07, 6.45) is -3.81. The number of nitrogens with zero attached hydrogens (tertiary/aromatic N) is 1. The van der Waals surface area contributed by atoms with Crippen LogP contribution in [-0.4, -0.2) is 41.2 Å². The van der Waals surface area contributed by atoms with Crippen molar-refractivity contribution in [2.45, 2.75) is 42.6 Å². The molecule has 2 N–H and O–H groups in total. The van der Waals surface area contributed by atoms with Crippen molar-refractivity contribution in [3.05, 3.63) is 98.0 Å². The maximum absolute atomic E-state index is 14.1. The molecule has 3 aromatic carbocycles. The van der Waals surface area contributed by atoms with Crippen molar-refractivity contribution >= 4 is 52.2 Å². The lowest BCUT2D eigenvalue weighted by Gasteiger charge is -2.43. The van der Waals surface area contributed by atoms with Crippen molar-refractivity contribution in [1.29, 1.82) is 0 Å². The van der Waals surface area contributed by atoms with E-state index >= 15 is 0 Å². The number of ether oxygens (including phenoxy) is 2. The summed E-state index contributed by atoms with van der Waals surface area (Å²) < 4.78 is 51.2. The van der Waals surface area contributed by atoms with Gasteiger partial charge >= 0.3 is 11.0 Å². The Morgan fingerprint density at radius 3 is 2.43 bits per heavy atom. The highest BCUT2D eigenvalue weighted by atomic mass is 32.2. The van der Waals surface area contributed by atoms with Crippen LogP contribution in [0.4, 0.5) is 24.5 Å². The van der Waals surface area contributed by atoms with E-state index in [2.05, 4.69) is 10.3 Å². The predicted molar refractivity (Wildman–Crippen MR) is 185 cm³/mol. The van der Waals surface area contributed by atoms with E-state index < -0.39 is 36.1 Å². The SMILES string of the molecule is CCOc1cc([C@H]2c3sc(=O)[nH]c3SC3C4CC(C5C(=O)N(c6ccc(C)cc6)C(=O)C45)C32)ccc1OCC(=O)Nc1cccc(C(F)(F)F)c1. The molecule has 3 amide bonds. The van der Waals surface area contributed by atoms with Crippen LogP contribution in [0.2, 0.25) is 0 Å². The first kappa shape index (κ1) is 33.6. The number of thioether (sulfide) groups is 1. The number of rotatable bonds is 8. The molecular formula is C37H32F3N3O6S2. The minimum absolute atomic E-state index is 0.000248. The molecule has 2 aliphatic heterocycles. The number of thiazole rings is 1. The summed E-state index contributed by atoms with van der Waals surface area (Å²) >= 11 is 2.75. The second kappa shape index (κ2) is 12.6. The van der Waals surface area contributed by atoms with Gasteiger partial charge in [0.1, 0.15) is 0 Å². The first-order valence-electron chi connectivity index (χ1n) is 16.6. The summed E-state index contributed by atoms with van der Waals surface area (Å²) in [6.45, 7) is 3.56. The third kappa shape index (κ3) is 5.72. The van der Waals surface area contributed by atoms with Crippen molar-refractivity contribution in [3.8, 4) is 11.5 Å². The number of carbonyl (C=O) groups excluding carboxylic acids is 3. The molecule has 264 valence electrons. The highest BCUT2D eigenvalue weighted by molar-refractivity contribution is 8.00. The smallest absolute Gasteiger partial charge is 0.416 e. The maximum Gasteiger partial charge on any atom is 0.416 e. The Kier molecular flexibility index (Phi) is 8.29. The Bertz CT molecular complexity index is 2110. The second-order valence-electron chi connectivity index (χ2n) is 13.4. The van der Waals surface area contributed by atoms with Gasteiger partial charge in [-0.1, -0.05) is 41.2 Å². The van der Waals surface area contributed by atoms with E-state index in [9.17, 15) is 32.3 Å².